The molecule has 1 radical (unpaired) electrons. The van der Waals surface area contributed by atoms with Gasteiger partial charge >= 0.3 is 0 Å². The highest BCUT2D eigenvalue weighted by Gasteiger charge is 2.16. The van der Waals surface area contributed by atoms with Crippen molar-refractivity contribution in [3.63, 3.8) is 0 Å². The van der Waals surface area contributed by atoms with Gasteiger partial charge in [-0.2, -0.15) is 0 Å². The summed E-state index contributed by atoms with van der Waals surface area (Å²) in [6.45, 7) is 12.2. The van der Waals surface area contributed by atoms with Crippen molar-refractivity contribution in [3.05, 3.63) is 0 Å². The van der Waals surface area contributed by atoms with Gasteiger partial charge in [0, 0.05) is 12.5 Å². The third-order valence-electron chi connectivity index (χ3n) is 3.69. The monoisotopic (exact) mass is 294 g/mol. The zero-order valence-electron chi connectivity index (χ0n) is 14.7. The molecule has 0 aliphatic rings. The Morgan fingerprint density at radius 2 is 1.71 bits per heavy atom. The van der Waals surface area contributed by atoms with Crippen LogP contribution in [0.4, 0.5) is 0 Å². The molecule has 0 fully saturated rings. The van der Waals surface area contributed by atoms with Crippen molar-refractivity contribution in [2.75, 3.05) is 13.1 Å². The fourth-order valence-electron chi connectivity index (χ4n) is 2.50. The molecule has 0 aromatic heterocycles. The minimum Gasteiger partial charge on any atom is -0.312 e. The number of ketones is 1. The summed E-state index contributed by atoms with van der Waals surface area (Å²) in [5, 5.41) is 0. The van der Waals surface area contributed by atoms with Gasteiger partial charge in [0.1, 0.15) is 5.78 Å². The Hall–Kier alpha value is -0.635. The van der Waals surface area contributed by atoms with Crippen LogP contribution in [0.1, 0.15) is 73.1 Å². The number of hydrogen-bond donors (Lipinski definition) is 0. The van der Waals surface area contributed by atoms with Crippen LogP contribution in [-0.2, 0) is 9.59 Å². The second-order valence-electron chi connectivity index (χ2n) is 6.46. The summed E-state index contributed by atoms with van der Waals surface area (Å²) in [5.74, 6) is 0.594. The first-order valence-electron chi connectivity index (χ1n) is 8.48. The first-order valence-corrected chi connectivity index (χ1v) is 8.48. The van der Waals surface area contributed by atoms with Gasteiger partial charge in [0.2, 0.25) is 7.28 Å². The van der Waals surface area contributed by atoms with Crippen molar-refractivity contribution < 1.29 is 9.59 Å². The van der Waals surface area contributed by atoms with Gasteiger partial charge in [-0.05, 0) is 53.1 Å². The molecule has 0 spiro atoms. The number of rotatable bonds is 13. The number of carbonyl (C=O) groups excluding carboxylic acids is 2. The number of carbonyl (C=O) groups is 2. The first-order chi connectivity index (χ1) is 9.86. The van der Waals surface area contributed by atoms with Gasteiger partial charge in [0.15, 0.2) is 0 Å². The number of Topliss-reactive ketones (excluding diaryl/α,β-unsaturated/α-hetero) is 1. The minimum absolute atomic E-state index is 0.273. The van der Waals surface area contributed by atoms with Gasteiger partial charge in [-0.25, -0.2) is 0 Å². The molecular formula is C17H33BNO2. The maximum atomic E-state index is 11.7. The van der Waals surface area contributed by atoms with E-state index in [1.54, 1.807) is 6.92 Å². The van der Waals surface area contributed by atoms with Gasteiger partial charge in [-0.1, -0.05) is 32.5 Å². The van der Waals surface area contributed by atoms with Crippen molar-refractivity contribution in [3.8, 4) is 0 Å². The zero-order valence-corrected chi connectivity index (χ0v) is 14.7. The van der Waals surface area contributed by atoms with E-state index in [0.29, 0.717) is 24.7 Å². The van der Waals surface area contributed by atoms with E-state index >= 15 is 0 Å². The molecule has 0 aromatic rings. The molecular weight excluding hydrogens is 261 g/mol. The van der Waals surface area contributed by atoms with Gasteiger partial charge < -0.3 is 14.5 Å². The molecule has 121 valence electrons. The summed E-state index contributed by atoms with van der Waals surface area (Å²) >= 11 is 0. The van der Waals surface area contributed by atoms with Crippen molar-refractivity contribution in [2.24, 2.45) is 0 Å². The van der Waals surface area contributed by atoms with Crippen LogP contribution in [0.5, 0.6) is 0 Å². The van der Waals surface area contributed by atoms with Gasteiger partial charge in [-0.15, -0.1) is 0 Å². The average Bonchev–Trinajstić information content (AvgIpc) is 2.36. The zero-order chi connectivity index (χ0) is 16.3. The molecule has 0 aliphatic carbocycles. The quantitative estimate of drug-likeness (QED) is 0.384. The second-order valence-corrected chi connectivity index (χ2v) is 6.46. The Kier molecular flexibility index (Phi) is 11.6. The van der Waals surface area contributed by atoms with Gasteiger partial charge in [0.05, 0.1) is 5.68 Å². The second kappa shape index (κ2) is 12.0. The van der Waals surface area contributed by atoms with E-state index < -0.39 is 0 Å². The maximum Gasteiger partial charge on any atom is 0.206 e. The van der Waals surface area contributed by atoms with Crippen LogP contribution in [0.2, 0.25) is 5.82 Å². The highest BCUT2D eigenvalue weighted by Crippen LogP contribution is 2.12. The van der Waals surface area contributed by atoms with E-state index in [0.717, 1.165) is 38.8 Å². The van der Waals surface area contributed by atoms with Crippen LogP contribution >= 0.6 is 0 Å². The Balaban J connectivity index is 4.00. The van der Waals surface area contributed by atoms with Crippen LogP contribution in [0.25, 0.3) is 0 Å². The number of hydrogen-bond acceptors (Lipinski definition) is 3. The van der Waals surface area contributed by atoms with Crippen LogP contribution in [0.15, 0.2) is 0 Å². The Morgan fingerprint density at radius 1 is 1.05 bits per heavy atom. The first kappa shape index (κ1) is 20.4. The SMILES string of the molecule is CCCC(=O)[B]C(C)CN(CCCCCC(C)=O)C(C)C. The van der Waals surface area contributed by atoms with E-state index in [-0.39, 0.29) is 11.5 Å². The Labute approximate surface area is 132 Å². The Morgan fingerprint density at radius 3 is 2.24 bits per heavy atom. The summed E-state index contributed by atoms with van der Waals surface area (Å²) < 4.78 is 0. The Bertz CT molecular complexity index is 305. The van der Waals surface area contributed by atoms with Gasteiger partial charge in [0.25, 0.3) is 0 Å². The molecule has 0 bridgehead atoms. The molecule has 0 saturated carbocycles. The smallest absolute Gasteiger partial charge is 0.206 e. The lowest BCUT2D eigenvalue weighted by atomic mass is 9.60. The van der Waals surface area contributed by atoms with E-state index in [1.165, 1.54) is 0 Å². The normalized spacial score (nSPS) is 12.7. The lowest BCUT2D eigenvalue weighted by Crippen LogP contribution is -2.36. The molecule has 0 saturated heterocycles. The summed E-state index contributed by atoms with van der Waals surface area (Å²) in [6, 6.07) is 0.495. The molecule has 0 aliphatic heterocycles. The lowest BCUT2D eigenvalue weighted by Gasteiger charge is -2.29. The number of unbranched alkanes of at least 4 members (excludes halogenated alkanes) is 2. The molecule has 0 rings (SSSR count). The third-order valence-corrected chi connectivity index (χ3v) is 3.69. The molecule has 0 aromatic carbocycles. The average molecular weight is 294 g/mol. The predicted molar refractivity (Wildman–Crippen MR) is 91.0 cm³/mol. The topological polar surface area (TPSA) is 37.4 Å². The molecule has 0 N–H and O–H groups in total. The lowest BCUT2D eigenvalue weighted by molar-refractivity contribution is -0.117. The summed E-state index contributed by atoms with van der Waals surface area (Å²) in [7, 11) is 1.88. The molecule has 0 amide bonds. The maximum absolute atomic E-state index is 11.7. The van der Waals surface area contributed by atoms with Crippen molar-refractivity contribution in [1.29, 1.82) is 0 Å². The summed E-state index contributed by atoms with van der Waals surface area (Å²) in [6.07, 6.45) is 5.52. The fraction of sp³-hybridized carbons (Fsp3) is 0.882. The largest absolute Gasteiger partial charge is 0.312 e. The molecule has 1 atom stereocenters. The van der Waals surface area contributed by atoms with Crippen molar-refractivity contribution in [2.45, 2.75) is 85.0 Å². The van der Waals surface area contributed by atoms with E-state index in [9.17, 15) is 9.59 Å². The standard InChI is InChI=1S/C17H33BNO2/c1-6-10-17(21)18-15(4)13-19(14(2)3)12-9-7-8-11-16(5)20/h14-15H,6-13H2,1-5H3. The number of nitrogens with zero attached hydrogens (tertiary/aromatic N) is 1. The molecule has 1 unspecified atom stereocenters. The summed E-state index contributed by atoms with van der Waals surface area (Å²) in [4.78, 5) is 25.0. The predicted octanol–water partition coefficient (Wildman–Crippen LogP) is 3.69. The molecule has 21 heavy (non-hydrogen) atoms. The van der Waals surface area contributed by atoms with Gasteiger partial charge in [-0.3, -0.25) is 0 Å². The van der Waals surface area contributed by atoms with E-state index in [2.05, 4.69) is 25.7 Å². The molecule has 3 nitrogen and oxygen atoms in total. The van der Waals surface area contributed by atoms with Crippen LogP contribution in [-0.4, -0.2) is 42.8 Å². The van der Waals surface area contributed by atoms with E-state index in [4.69, 9.17) is 0 Å². The highest BCUT2D eigenvalue weighted by atomic mass is 16.1. The third kappa shape index (κ3) is 11.7. The van der Waals surface area contributed by atoms with Crippen molar-refractivity contribution in [1.82, 2.24) is 4.90 Å². The molecule has 0 heterocycles. The fourth-order valence-corrected chi connectivity index (χ4v) is 2.50. The van der Waals surface area contributed by atoms with Crippen LogP contribution in [0.3, 0.4) is 0 Å². The minimum atomic E-state index is 0.273. The highest BCUT2D eigenvalue weighted by molar-refractivity contribution is 6.75. The van der Waals surface area contributed by atoms with Crippen LogP contribution < -0.4 is 0 Å². The summed E-state index contributed by atoms with van der Waals surface area (Å²) in [5.41, 5.74) is 0.273. The van der Waals surface area contributed by atoms with Crippen molar-refractivity contribution >= 4 is 18.7 Å². The molecule has 4 heteroatoms. The van der Waals surface area contributed by atoms with E-state index in [1.807, 2.05) is 14.2 Å². The van der Waals surface area contributed by atoms with Crippen LogP contribution in [0, 0.1) is 0 Å².